The molecule has 3 rings (SSSR count). The number of imide groups is 1. The molecule has 1 aromatic carbocycles. The molecule has 0 saturated heterocycles. The number of nitrogens with zero attached hydrogens (tertiary/aromatic N) is 2. The molecule has 2 aromatic rings. The summed E-state index contributed by atoms with van der Waals surface area (Å²) in [5.41, 5.74) is 0.938. The number of carbonyl (C=O) groups is 3. The molecule has 2 amide bonds. The molecule has 9 heteroatoms. The second kappa shape index (κ2) is 10.5. The highest BCUT2D eigenvalue weighted by atomic mass is 35.5. The molecule has 1 aromatic heterocycles. The molecule has 0 fully saturated rings. The number of aliphatic hydroxyl groups excluding tert-OH is 1. The van der Waals surface area contributed by atoms with Crippen LogP contribution in [0.2, 0.25) is 5.02 Å². The highest BCUT2D eigenvalue weighted by Gasteiger charge is 2.36. The van der Waals surface area contributed by atoms with E-state index in [4.69, 9.17) is 20.8 Å². The summed E-state index contributed by atoms with van der Waals surface area (Å²) in [6.45, 7) is 4.88. The fourth-order valence-electron chi connectivity index (χ4n) is 3.40. The van der Waals surface area contributed by atoms with E-state index in [-0.39, 0.29) is 40.5 Å². The zero-order chi connectivity index (χ0) is 25.0. The first kappa shape index (κ1) is 25.0. The molecular weight excluding hydrogens is 460 g/mol. The fourth-order valence-corrected chi connectivity index (χ4v) is 3.59. The van der Waals surface area contributed by atoms with Crippen LogP contribution in [0.1, 0.15) is 43.3 Å². The number of ether oxygens (including phenoxy) is 1. The zero-order valence-electron chi connectivity index (χ0n) is 18.9. The summed E-state index contributed by atoms with van der Waals surface area (Å²) in [6.07, 6.45) is 1.16. The van der Waals surface area contributed by atoms with Crippen LogP contribution in [0.4, 0.5) is 0 Å². The number of hydrogen-bond donors (Lipinski definition) is 1. The number of furan rings is 1. The number of esters is 1. The molecule has 0 saturated carbocycles. The number of rotatable bonds is 7. The lowest BCUT2D eigenvalue weighted by atomic mass is 9.94. The number of benzene rings is 1. The van der Waals surface area contributed by atoms with Crippen molar-refractivity contribution in [1.82, 2.24) is 4.90 Å². The number of hydrogen-bond acceptors (Lipinski definition) is 7. The lowest BCUT2D eigenvalue weighted by molar-refractivity contribution is -0.141. The Kier molecular flexibility index (Phi) is 7.72. The van der Waals surface area contributed by atoms with Crippen molar-refractivity contribution in [3.05, 3.63) is 63.4 Å². The van der Waals surface area contributed by atoms with Crippen molar-refractivity contribution < 1.29 is 28.6 Å². The van der Waals surface area contributed by atoms with E-state index in [1.807, 2.05) is 13.0 Å². The van der Waals surface area contributed by atoms with Gasteiger partial charge in [-0.1, -0.05) is 18.5 Å². The maximum atomic E-state index is 12.9. The topological polar surface area (TPSA) is 121 Å². The van der Waals surface area contributed by atoms with Crippen molar-refractivity contribution in [3.8, 4) is 17.4 Å². The third kappa shape index (κ3) is 5.11. The van der Waals surface area contributed by atoms with Gasteiger partial charge in [0, 0.05) is 11.1 Å². The summed E-state index contributed by atoms with van der Waals surface area (Å²) < 4.78 is 11.0. The van der Waals surface area contributed by atoms with Crippen molar-refractivity contribution in [2.75, 3.05) is 13.2 Å². The van der Waals surface area contributed by atoms with E-state index in [1.165, 1.54) is 19.9 Å². The fraction of sp³-hybridized carbons (Fsp3) is 0.280. The van der Waals surface area contributed by atoms with Crippen LogP contribution in [-0.2, 0) is 14.3 Å². The predicted molar refractivity (Wildman–Crippen MR) is 124 cm³/mol. The van der Waals surface area contributed by atoms with Crippen LogP contribution >= 0.6 is 11.6 Å². The maximum Gasteiger partial charge on any atom is 0.339 e. The van der Waals surface area contributed by atoms with Crippen LogP contribution in [-0.4, -0.2) is 47.0 Å². The molecule has 1 unspecified atom stereocenters. The summed E-state index contributed by atoms with van der Waals surface area (Å²) >= 11 is 6.15. The van der Waals surface area contributed by atoms with Gasteiger partial charge in [0.05, 0.1) is 29.8 Å². The van der Waals surface area contributed by atoms with Crippen LogP contribution in [0, 0.1) is 11.3 Å². The van der Waals surface area contributed by atoms with E-state index in [2.05, 4.69) is 0 Å². The second-order valence-corrected chi connectivity index (χ2v) is 8.18. The predicted octanol–water partition coefficient (Wildman–Crippen LogP) is 4.14. The number of nitriles is 1. The van der Waals surface area contributed by atoms with Crippen molar-refractivity contribution in [1.29, 1.82) is 5.26 Å². The van der Waals surface area contributed by atoms with E-state index >= 15 is 0 Å². The van der Waals surface area contributed by atoms with Gasteiger partial charge in [-0.2, -0.15) is 5.26 Å². The molecule has 0 bridgehead atoms. The second-order valence-electron chi connectivity index (χ2n) is 7.77. The molecule has 1 aliphatic rings. The molecule has 1 aliphatic heterocycles. The third-order valence-corrected chi connectivity index (χ3v) is 5.42. The Morgan fingerprint density at radius 3 is 2.68 bits per heavy atom. The normalized spacial score (nSPS) is 16.1. The third-order valence-electron chi connectivity index (χ3n) is 5.09. The molecule has 176 valence electrons. The molecule has 1 N–H and O–H groups in total. The Morgan fingerprint density at radius 2 is 2.03 bits per heavy atom. The summed E-state index contributed by atoms with van der Waals surface area (Å²) in [6, 6.07) is 9.92. The van der Waals surface area contributed by atoms with Gasteiger partial charge in [-0.3, -0.25) is 14.5 Å². The van der Waals surface area contributed by atoms with Gasteiger partial charge in [-0.15, -0.1) is 0 Å². The Bertz CT molecular complexity index is 1250. The minimum Gasteiger partial charge on any atom is -0.462 e. The summed E-state index contributed by atoms with van der Waals surface area (Å²) in [4.78, 5) is 38.6. The summed E-state index contributed by atoms with van der Waals surface area (Å²) in [5.74, 6) is -1.20. The van der Waals surface area contributed by atoms with Crippen molar-refractivity contribution in [2.24, 2.45) is 0 Å². The minimum atomic E-state index is -0.953. The Morgan fingerprint density at radius 1 is 1.29 bits per heavy atom. The first-order valence-electron chi connectivity index (χ1n) is 10.6. The zero-order valence-corrected chi connectivity index (χ0v) is 19.7. The first-order chi connectivity index (χ1) is 16.2. The number of halogens is 1. The van der Waals surface area contributed by atoms with Crippen LogP contribution in [0.3, 0.4) is 0 Å². The van der Waals surface area contributed by atoms with E-state index in [1.54, 1.807) is 30.3 Å². The van der Waals surface area contributed by atoms with Gasteiger partial charge in [0.25, 0.3) is 11.8 Å². The van der Waals surface area contributed by atoms with Crippen LogP contribution < -0.4 is 0 Å². The van der Waals surface area contributed by atoms with Gasteiger partial charge < -0.3 is 14.3 Å². The largest absolute Gasteiger partial charge is 0.462 e. The molecule has 1 atom stereocenters. The number of carbonyl (C=O) groups excluding carboxylic acids is 3. The molecule has 0 radical (unpaired) electrons. The minimum absolute atomic E-state index is 0.109. The first-order valence-corrected chi connectivity index (χ1v) is 11.0. The molecule has 0 spiro atoms. The van der Waals surface area contributed by atoms with Gasteiger partial charge in [-0.25, -0.2) is 4.79 Å². The highest BCUT2D eigenvalue weighted by Crippen LogP contribution is 2.31. The number of β-amino-alcohol motifs (C(OH)–C–C–N with tert-alkyl or cyclic N) is 1. The summed E-state index contributed by atoms with van der Waals surface area (Å²) in [5, 5.41) is 19.3. The molecule has 2 heterocycles. The molecule has 8 nitrogen and oxygen atoms in total. The Labute approximate surface area is 201 Å². The lowest BCUT2D eigenvalue weighted by Gasteiger charge is -2.28. The van der Waals surface area contributed by atoms with E-state index in [0.717, 1.165) is 4.90 Å². The lowest BCUT2D eigenvalue weighted by Crippen LogP contribution is -2.45. The average molecular weight is 483 g/mol. The molecule has 34 heavy (non-hydrogen) atoms. The number of amides is 2. The highest BCUT2D eigenvalue weighted by molar-refractivity contribution is 6.33. The standard InChI is InChI=1S/C25H23ClN2O6/c1-4-9-33-25(32)19-10-16(5-7-21(19)26)22-8-6-17(34-22)11-18-15(3)20(12-27)24(31)28(23(18)30)13-14(2)29/h5-8,10-11,14,29H,4,9,13H2,1-3H3. The van der Waals surface area contributed by atoms with E-state index in [9.17, 15) is 24.8 Å². The van der Waals surface area contributed by atoms with Gasteiger partial charge in [0.15, 0.2) is 0 Å². The van der Waals surface area contributed by atoms with Gasteiger partial charge in [0.2, 0.25) is 0 Å². The smallest absolute Gasteiger partial charge is 0.339 e. The van der Waals surface area contributed by atoms with Gasteiger partial charge >= 0.3 is 5.97 Å². The summed E-state index contributed by atoms with van der Waals surface area (Å²) in [7, 11) is 0. The Hall–Kier alpha value is -3.67. The Balaban J connectivity index is 1.97. The van der Waals surface area contributed by atoms with Crippen molar-refractivity contribution >= 4 is 35.5 Å². The maximum absolute atomic E-state index is 12.9. The van der Waals surface area contributed by atoms with Crippen molar-refractivity contribution in [3.63, 3.8) is 0 Å². The van der Waals surface area contributed by atoms with Crippen LogP contribution in [0.5, 0.6) is 0 Å². The monoisotopic (exact) mass is 482 g/mol. The van der Waals surface area contributed by atoms with Gasteiger partial charge in [0.1, 0.15) is 23.2 Å². The van der Waals surface area contributed by atoms with E-state index in [0.29, 0.717) is 23.5 Å². The van der Waals surface area contributed by atoms with Gasteiger partial charge in [-0.05, 0) is 62.2 Å². The van der Waals surface area contributed by atoms with Crippen LogP contribution in [0.25, 0.3) is 17.4 Å². The average Bonchev–Trinajstić information content (AvgIpc) is 3.27. The molecule has 0 aliphatic carbocycles. The SMILES string of the molecule is CCCOC(=O)c1cc(-c2ccc(C=C3C(=O)N(CC(C)O)C(=O)C(C#N)=C3C)o2)ccc1Cl. The van der Waals surface area contributed by atoms with E-state index < -0.39 is 23.9 Å². The molecular formula is C25H23ClN2O6. The van der Waals surface area contributed by atoms with Crippen LogP contribution in [0.15, 0.2) is 51.5 Å². The number of aliphatic hydroxyl groups is 1. The quantitative estimate of drug-likeness (QED) is 0.357. The van der Waals surface area contributed by atoms with Crippen molar-refractivity contribution in [2.45, 2.75) is 33.3 Å².